The van der Waals surface area contributed by atoms with E-state index in [1.165, 1.54) is 6.42 Å². The molecule has 0 bridgehead atoms. The zero-order valence-electron chi connectivity index (χ0n) is 10.9. The molecule has 0 aromatic heterocycles. The monoisotopic (exact) mass is 248 g/mol. The number of hydrogen-bond acceptors (Lipinski definition) is 3. The van der Waals surface area contributed by atoms with E-state index in [2.05, 4.69) is 12.2 Å². The third kappa shape index (κ3) is 2.75. The first-order valence-electron chi connectivity index (χ1n) is 6.34. The predicted octanol–water partition coefficient (Wildman–Crippen LogP) is 2.20. The van der Waals surface area contributed by atoms with Crippen LogP contribution in [0.5, 0.6) is 5.75 Å². The Bertz CT molecular complexity index is 445. The highest BCUT2D eigenvalue weighted by Gasteiger charge is 2.23. The van der Waals surface area contributed by atoms with Crippen LogP contribution in [0.25, 0.3) is 0 Å². The number of carbonyl (C=O) groups excluding carboxylic acids is 1. The van der Waals surface area contributed by atoms with Crippen molar-refractivity contribution in [3.8, 4) is 5.75 Å². The van der Waals surface area contributed by atoms with Gasteiger partial charge in [0.05, 0.1) is 12.7 Å². The average molecular weight is 248 g/mol. The fourth-order valence-electron chi connectivity index (χ4n) is 2.48. The van der Waals surface area contributed by atoms with Crippen molar-refractivity contribution >= 4 is 11.6 Å². The molecule has 1 aromatic carbocycles. The molecule has 0 radical (unpaired) electrons. The Labute approximate surface area is 108 Å². The number of nitrogens with two attached hydrogens (primary N) is 1. The molecule has 1 aliphatic carbocycles. The first kappa shape index (κ1) is 12.7. The molecule has 1 aromatic rings. The first-order chi connectivity index (χ1) is 8.60. The molecule has 98 valence electrons. The topological polar surface area (TPSA) is 64.3 Å². The summed E-state index contributed by atoms with van der Waals surface area (Å²) in [5, 5.41) is 3.04. The van der Waals surface area contributed by atoms with Crippen molar-refractivity contribution in [2.75, 3.05) is 12.8 Å². The third-order valence-electron chi connectivity index (χ3n) is 3.53. The van der Waals surface area contributed by atoms with Gasteiger partial charge in [-0.1, -0.05) is 6.92 Å². The van der Waals surface area contributed by atoms with Gasteiger partial charge in [0, 0.05) is 17.8 Å². The maximum atomic E-state index is 12.1. The van der Waals surface area contributed by atoms with Crippen molar-refractivity contribution in [2.24, 2.45) is 5.92 Å². The van der Waals surface area contributed by atoms with E-state index < -0.39 is 0 Å². The molecule has 0 saturated heterocycles. The second-order valence-electron chi connectivity index (χ2n) is 5.04. The van der Waals surface area contributed by atoms with Crippen LogP contribution in [0, 0.1) is 5.92 Å². The summed E-state index contributed by atoms with van der Waals surface area (Å²) >= 11 is 0. The largest absolute Gasteiger partial charge is 0.497 e. The zero-order valence-corrected chi connectivity index (χ0v) is 10.9. The van der Waals surface area contributed by atoms with Gasteiger partial charge in [-0.2, -0.15) is 0 Å². The summed E-state index contributed by atoms with van der Waals surface area (Å²) in [4.78, 5) is 12.1. The van der Waals surface area contributed by atoms with Gasteiger partial charge < -0.3 is 15.8 Å². The maximum absolute atomic E-state index is 12.1. The number of carbonyl (C=O) groups is 1. The number of nitrogens with one attached hydrogen (secondary N) is 1. The minimum atomic E-state index is -0.0887. The number of hydrogen-bond donors (Lipinski definition) is 2. The van der Waals surface area contributed by atoms with Gasteiger partial charge in [0.1, 0.15) is 5.75 Å². The van der Waals surface area contributed by atoms with Crippen molar-refractivity contribution in [3.05, 3.63) is 23.8 Å². The fraction of sp³-hybridized carbons (Fsp3) is 0.500. The van der Waals surface area contributed by atoms with Gasteiger partial charge in [-0.25, -0.2) is 0 Å². The van der Waals surface area contributed by atoms with Crippen LogP contribution in [-0.4, -0.2) is 19.1 Å². The van der Waals surface area contributed by atoms with Crippen molar-refractivity contribution in [2.45, 2.75) is 32.2 Å². The fourth-order valence-corrected chi connectivity index (χ4v) is 2.48. The van der Waals surface area contributed by atoms with Gasteiger partial charge in [0.2, 0.25) is 0 Å². The standard InChI is InChI=1S/C14H20N2O2/c1-9-3-4-10(7-9)16-14(17)12-6-5-11(18-2)8-13(12)15/h5-6,8-10H,3-4,7,15H2,1-2H3,(H,16,17). The second-order valence-corrected chi connectivity index (χ2v) is 5.04. The van der Waals surface area contributed by atoms with Crippen molar-refractivity contribution < 1.29 is 9.53 Å². The van der Waals surface area contributed by atoms with E-state index >= 15 is 0 Å². The zero-order chi connectivity index (χ0) is 13.1. The number of methoxy groups -OCH3 is 1. The van der Waals surface area contributed by atoms with E-state index in [0.717, 1.165) is 12.8 Å². The van der Waals surface area contributed by atoms with Gasteiger partial charge in [-0.05, 0) is 37.3 Å². The lowest BCUT2D eigenvalue weighted by molar-refractivity contribution is 0.0938. The molecule has 1 aliphatic rings. The Morgan fingerprint density at radius 2 is 2.22 bits per heavy atom. The Morgan fingerprint density at radius 1 is 1.44 bits per heavy atom. The molecule has 0 spiro atoms. The number of benzene rings is 1. The number of anilines is 1. The molecule has 0 heterocycles. The average Bonchev–Trinajstić information content (AvgIpc) is 2.74. The quantitative estimate of drug-likeness (QED) is 0.806. The van der Waals surface area contributed by atoms with Gasteiger partial charge in [0.15, 0.2) is 0 Å². The van der Waals surface area contributed by atoms with Crippen LogP contribution in [0.4, 0.5) is 5.69 Å². The summed E-state index contributed by atoms with van der Waals surface area (Å²) in [7, 11) is 1.58. The van der Waals surface area contributed by atoms with Gasteiger partial charge >= 0.3 is 0 Å². The van der Waals surface area contributed by atoms with Crippen LogP contribution >= 0.6 is 0 Å². The normalized spacial score (nSPS) is 22.8. The molecule has 4 nitrogen and oxygen atoms in total. The van der Waals surface area contributed by atoms with Crippen LogP contribution in [0.3, 0.4) is 0 Å². The van der Waals surface area contributed by atoms with Gasteiger partial charge in [-0.3, -0.25) is 4.79 Å². The minimum absolute atomic E-state index is 0.0887. The molecule has 2 unspecified atom stereocenters. The van der Waals surface area contributed by atoms with Crippen molar-refractivity contribution in [1.29, 1.82) is 0 Å². The van der Waals surface area contributed by atoms with Crippen molar-refractivity contribution in [3.63, 3.8) is 0 Å². The summed E-state index contributed by atoms with van der Waals surface area (Å²) in [5.41, 5.74) is 6.84. The first-order valence-corrected chi connectivity index (χ1v) is 6.34. The number of rotatable bonds is 3. The third-order valence-corrected chi connectivity index (χ3v) is 3.53. The predicted molar refractivity (Wildman–Crippen MR) is 71.7 cm³/mol. The highest BCUT2D eigenvalue weighted by molar-refractivity contribution is 5.99. The Morgan fingerprint density at radius 3 is 2.78 bits per heavy atom. The van der Waals surface area contributed by atoms with E-state index in [1.807, 2.05) is 0 Å². The van der Waals surface area contributed by atoms with Crippen LogP contribution in [0.15, 0.2) is 18.2 Å². The van der Waals surface area contributed by atoms with Gasteiger partial charge in [0.25, 0.3) is 5.91 Å². The molecule has 0 aliphatic heterocycles. The lowest BCUT2D eigenvalue weighted by Gasteiger charge is -2.14. The number of amides is 1. The van der Waals surface area contributed by atoms with E-state index in [4.69, 9.17) is 10.5 Å². The summed E-state index contributed by atoms with van der Waals surface area (Å²) in [6.45, 7) is 2.22. The molecule has 1 saturated carbocycles. The van der Waals surface area contributed by atoms with Gasteiger partial charge in [-0.15, -0.1) is 0 Å². The second kappa shape index (κ2) is 5.29. The molecule has 18 heavy (non-hydrogen) atoms. The van der Waals surface area contributed by atoms with Crippen LogP contribution in [0.2, 0.25) is 0 Å². The molecular weight excluding hydrogens is 228 g/mol. The highest BCUT2D eigenvalue weighted by atomic mass is 16.5. The smallest absolute Gasteiger partial charge is 0.253 e. The lowest BCUT2D eigenvalue weighted by Crippen LogP contribution is -2.33. The van der Waals surface area contributed by atoms with E-state index in [-0.39, 0.29) is 11.9 Å². The van der Waals surface area contributed by atoms with Crippen LogP contribution < -0.4 is 15.8 Å². The van der Waals surface area contributed by atoms with E-state index in [9.17, 15) is 4.79 Å². The van der Waals surface area contributed by atoms with E-state index in [1.54, 1.807) is 25.3 Å². The summed E-state index contributed by atoms with van der Waals surface area (Å²) in [6.07, 6.45) is 3.30. The summed E-state index contributed by atoms with van der Waals surface area (Å²) in [6, 6.07) is 5.42. The molecule has 2 rings (SSSR count). The molecule has 3 N–H and O–H groups in total. The molecular formula is C14H20N2O2. The SMILES string of the molecule is COc1ccc(C(=O)NC2CCC(C)C2)c(N)c1. The molecule has 1 amide bonds. The van der Waals surface area contributed by atoms with Crippen LogP contribution in [-0.2, 0) is 0 Å². The highest BCUT2D eigenvalue weighted by Crippen LogP contribution is 2.25. The Kier molecular flexibility index (Phi) is 3.75. The summed E-state index contributed by atoms with van der Waals surface area (Å²) < 4.78 is 5.07. The van der Waals surface area contributed by atoms with Crippen molar-refractivity contribution in [1.82, 2.24) is 5.32 Å². The molecule has 2 atom stereocenters. The lowest BCUT2D eigenvalue weighted by atomic mass is 10.1. The number of ether oxygens (including phenoxy) is 1. The molecule has 1 fully saturated rings. The molecule has 4 heteroatoms. The Balaban J connectivity index is 2.04. The Hall–Kier alpha value is -1.71. The van der Waals surface area contributed by atoms with E-state index in [0.29, 0.717) is 22.9 Å². The van der Waals surface area contributed by atoms with Crippen LogP contribution in [0.1, 0.15) is 36.5 Å². The number of nitrogen functional groups attached to an aromatic ring is 1. The minimum Gasteiger partial charge on any atom is -0.497 e. The maximum Gasteiger partial charge on any atom is 0.253 e. The summed E-state index contributed by atoms with van der Waals surface area (Å²) in [5.74, 6) is 1.27.